The third-order valence-electron chi connectivity index (χ3n) is 1.95. The lowest BCUT2D eigenvalue weighted by Gasteiger charge is -2.17. The molecule has 0 amide bonds. The fourth-order valence-electron chi connectivity index (χ4n) is 1.16. The second-order valence-corrected chi connectivity index (χ2v) is 3.47. The molecule has 0 saturated heterocycles. The standard InChI is InChI=1S/C9H11N3O2S/c10-12-11-5-7(13)9(14)6-3-1-2-4-8(6)15/h1-4,7,9,13-15H,5H2. The van der Waals surface area contributed by atoms with Gasteiger partial charge in [-0.05, 0) is 17.2 Å². The highest BCUT2D eigenvalue weighted by atomic mass is 32.1. The number of azide groups is 1. The Morgan fingerprint density at radius 1 is 1.40 bits per heavy atom. The van der Waals surface area contributed by atoms with Gasteiger partial charge < -0.3 is 10.2 Å². The summed E-state index contributed by atoms with van der Waals surface area (Å²) in [5.74, 6) is 0. The molecule has 2 atom stereocenters. The van der Waals surface area contributed by atoms with Crippen molar-refractivity contribution in [3.63, 3.8) is 0 Å². The van der Waals surface area contributed by atoms with Crippen molar-refractivity contribution in [3.05, 3.63) is 40.3 Å². The van der Waals surface area contributed by atoms with E-state index in [1.165, 1.54) is 0 Å². The lowest BCUT2D eigenvalue weighted by Crippen LogP contribution is -2.21. The van der Waals surface area contributed by atoms with E-state index in [4.69, 9.17) is 5.53 Å². The predicted octanol–water partition coefficient (Wildman–Crippen LogP) is 1.68. The van der Waals surface area contributed by atoms with Gasteiger partial charge in [-0.2, -0.15) is 0 Å². The van der Waals surface area contributed by atoms with E-state index in [1.807, 2.05) is 0 Å². The summed E-state index contributed by atoms with van der Waals surface area (Å²) < 4.78 is 0. The van der Waals surface area contributed by atoms with Gasteiger partial charge >= 0.3 is 0 Å². The molecule has 0 saturated carbocycles. The van der Waals surface area contributed by atoms with Crippen molar-refractivity contribution in [3.8, 4) is 0 Å². The predicted molar refractivity (Wildman–Crippen MR) is 58.7 cm³/mol. The third-order valence-corrected chi connectivity index (χ3v) is 2.36. The van der Waals surface area contributed by atoms with Gasteiger partial charge in [-0.25, -0.2) is 0 Å². The number of hydrogen-bond donors (Lipinski definition) is 3. The number of aliphatic hydroxyl groups excluding tert-OH is 2. The van der Waals surface area contributed by atoms with E-state index in [0.29, 0.717) is 10.5 Å². The van der Waals surface area contributed by atoms with Crippen LogP contribution >= 0.6 is 12.6 Å². The fourth-order valence-corrected chi connectivity index (χ4v) is 1.46. The van der Waals surface area contributed by atoms with Gasteiger partial charge in [0.25, 0.3) is 0 Å². The van der Waals surface area contributed by atoms with E-state index in [1.54, 1.807) is 24.3 Å². The molecular weight excluding hydrogens is 214 g/mol. The van der Waals surface area contributed by atoms with Crippen LogP contribution in [0, 0.1) is 0 Å². The zero-order valence-electron chi connectivity index (χ0n) is 7.85. The summed E-state index contributed by atoms with van der Waals surface area (Å²) in [4.78, 5) is 3.10. The molecule has 0 heterocycles. The van der Waals surface area contributed by atoms with Crippen molar-refractivity contribution >= 4 is 12.6 Å². The van der Waals surface area contributed by atoms with Crippen molar-refractivity contribution in [1.29, 1.82) is 0 Å². The molecule has 0 aliphatic heterocycles. The quantitative estimate of drug-likeness (QED) is 0.315. The number of nitrogens with zero attached hydrogens (tertiary/aromatic N) is 3. The van der Waals surface area contributed by atoms with E-state index < -0.39 is 12.2 Å². The first-order valence-corrected chi connectivity index (χ1v) is 4.76. The van der Waals surface area contributed by atoms with Crippen molar-refractivity contribution in [2.75, 3.05) is 6.54 Å². The minimum Gasteiger partial charge on any atom is -0.390 e. The van der Waals surface area contributed by atoms with Gasteiger partial charge in [0, 0.05) is 9.81 Å². The Bertz CT molecular complexity index is 379. The van der Waals surface area contributed by atoms with E-state index in [9.17, 15) is 10.2 Å². The number of aliphatic hydroxyl groups is 2. The number of benzene rings is 1. The zero-order valence-corrected chi connectivity index (χ0v) is 8.75. The Morgan fingerprint density at radius 2 is 2.07 bits per heavy atom. The molecule has 1 aromatic rings. The lowest BCUT2D eigenvalue weighted by atomic mass is 10.0. The highest BCUT2D eigenvalue weighted by molar-refractivity contribution is 7.80. The molecule has 0 bridgehead atoms. The normalized spacial score (nSPS) is 14.1. The van der Waals surface area contributed by atoms with Crippen LogP contribution in [0.2, 0.25) is 0 Å². The maximum atomic E-state index is 9.71. The van der Waals surface area contributed by atoms with E-state index in [-0.39, 0.29) is 6.54 Å². The van der Waals surface area contributed by atoms with Crippen molar-refractivity contribution in [1.82, 2.24) is 0 Å². The highest BCUT2D eigenvalue weighted by Gasteiger charge is 2.18. The Balaban J connectivity index is 2.79. The molecule has 0 radical (unpaired) electrons. The van der Waals surface area contributed by atoms with Crippen molar-refractivity contribution in [2.24, 2.45) is 5.11 Å². The van der Waals surface area contributed by atoms with Gasteiger partial charge in [-0.15, -0.1) is 12.6 Å². The molecule has 1 aromatic carbocycles. The molecule has 80 valence electrons. The van der Waals surface area contributed by atoms with Crippen LogP contribution < -0.4 is 0 Å². The van der Waals surface area contributed by atoms with Crippen LogP contribution in [0.5, 0.6) is 0 Å². The Kier molecular flexibility index (Phi) is 4.45. The first kappa shape index (κ1) is 11.9. The summed E-state index contributed by atoms with van der Waals surface area (Å²) in [6.07, 6.45) is -2.21. The molecule has 1 rings (SSSR count). The maximum Gasteiger partial charge on any atom is 0.106 e. The smallest absolute Gasteiger partial charge is 0.106 e. The second kappa shape index (κ2) is 5.63. The number of rotatable bonds is 4. The highest BCUT2D eigenvalue weighted by Crippen LogP contribution is 2.23. The van der Waals surface area contributed by atoms with Gasteiger partial charge in [0.2, 0.25) is 0 Å². The molecule has 0 fully saturated rings. The van der Waals surface area contributed by atoms with Crippen LogP contribution in [0.15, 0.2) is 34.3 Å². The second-order valence-electron chi connectivity index (χ2n) is 2.98. The summed E-state index contributed by atoms with van der Waals surface area (Å²) in [5, 5.41) is 22.4. The maximum absolute atomic E-state index is 9.71. The molecule has 0 spiro atoms. The number of hydrogen-bond acceptors (Lipinski definition) is 4. The minimum absolute atomic E-state index is 0.167. The van der Waals surface area contributed by atoms with Gasteiger partial charge in [0.05, 0.1) is 12.6 Å². The van der Waals surface area contributed by atoms with Crippen LogP contribution in [-0.4, -0.2) is 22.9 Å². The fraction of sp³-hybridized carbons (Fsp3) is 0.333. The number of thiol groups is 1. The molecule has 0 aliphatic rings. The Morgan fingerprint density at radius 3 is 2.67 bits per heavy atom. The SMILES string of the molecule is [N-]=[N+]=NCC(O)C(O)c1ccccc1S. The molecule has 5 nitrogen and oxygen atoms in total. The van der Waals surface area contributed by atoms with Crippen LogP contribution in [0.3, 0.4) is 0 Å². The molecule has 0 aliphatic carbocycles. The van der Waals surface area contributed by atoms with E-state index in [2.05, 4.69) is 22.7 Å². The first-order chi connectivity index (χ1) is 7.16. The van der Waals surface area contributed by atoms with Gasteiger partial charge in [0.15, 0.2) is 0 Å². The zero-order chi connectivity index (χ0) is 11.3. The lowest BCUT2D eigenvalue weighted by molar-refractivity contribution is 0.0228. The summed E-state index contributed by atoms with van der Waals surface area (Å²) >= 11 is 4.15. The molecule has 2 unspecified atom stereocenters. The van der Waals surface area contributed by atoms with Gasteiger partial charge in [-0.1, -0.05) is 23.3 Å². The summed E-state index contributed by atoms with van der Waals surface area (Å²) in [7, 11) is 0. The Hall–Kier alpha value is -1.20. The average Bonchev–Trinajstić information content (AvgIpc) is 2.25. The summed E-state index contributed by atoms with van der Waals surface area (Å²) in [6.45, 7) is -0.167. The molecule has 2 N–H and O–H groups in total. The van der Waals surface area contributed by atoms with E-state index in [0.717, 1.165) is 0 Å². The minimum atomic E-state index is -1.12. The first-order valence-electron chi connectivity index (χ1n) is 4.31. The molecular formula is C9H11N3O2S. The van der Waals surface area contributed by atoms with Gasteiger partial charge in [0.1, 0.15) is 6.10 Å². The topological polar surface area (TPSA) is 89.2 Å². The third kappa shape index (κ3) is 3.14. The molecule has 0 aromatic heterocycles. The summed E-state index contributed by atoms with van der Waals surface area (Å²) in [5.41, 5.74) is 8.59. The van der Waals surface area contributed by atoms with E-state index >= 15 is 0 Å². The molecule has 6 heteroatoms. The average molecular weight is 225 g/mol. The largest absolute Gasteiger partial charge is 0.390 e. The van der Waals surface area contributed by atoms with Crippen LogP contribution in [0.1, 0.15) is 11.7 Å². The van der Waals surface area contributed by atoms with Crippen LogP contribution in [-0.2, 0) is 0 Å². The van der Waals surface area contributed by atoms with Crippen LogP contribution in [0.25, 0.3) is 10.4 Å². The Labute approximate surface area is 92.4 Å². The van der Waals surface area contributed by atoms with Crippen LogP contribution in [0.4, 0.5) is 0 Å². The van der Waals surface area contributed by atoms with Crippen molar-refractivity contribution in [2.45, 2.75) is 17.1 Å². The van der Waals surface area contributed by atoms with Crippen molar-refractivity contribution < 1.29 is 10.2 Å². The monoisotopic (exact) mass is 225 g/mol. The van der Waals surface area contributed by atoms with Gasteiger partial charge in [-0.3, -0.25) is 0 Å². The molecule has 15 heavy (non-hydrogen) atoms. The summed E-state index contributed by atoms with van der Waals surface area (Å²) in [6, 6.07) is 6.88.